The fourth-order valence-corrected chi connectivity index (χ4v) is 2.94. The second-order valence-corrected chi connectivity index (χ2v) is 7.40. The Labute approximate surface area is 164 Å². The SMILES string of the molecule is CC(C)Oc1cccc(NC(=O)C(C)(CCO)c2ccc(Cl)c(Cl)c2)c1. The Bertz CT molecular complexity index is 779. The van der Waals surface area contributed by atoms with E-state index in [9.17, 15) is 9.90 Å². The standard InChI is InChI=1S/C20H23Cl2NO3/c1-13(2)26-16-6-4-5-15(12-16)23-19(25)20(3,9-10-24)14-7-8-17(21)18(22)11-14/h4-8,11-13,24H,9-10H2,1-3H3,(H,23,25). The number of nitrogens with one attached hydrogen (secondary N) is 1. The molecule has 0 bridgehead atoms. The van der Waals surface area contributed by atoms with E-state index in [2.05, 4.69) is 5.32 Å². The fraction of sp³-hybridized carbons (Fsp3) is 0.350. The lowest BCUT2D eigenvalue weighted by Crippen LogP contribution is -2.38. The maximum Gasteiger partial charge on any atom is 0.234 e. The second-order valence-electron chi connectivity index (χ2n) is 6.58. The highest BCUT2D eigenvalue weighted by molar-refractivity contribution is 6.42. The summed E-state index contributed by atoms with van der Waals surface area (Å²) in [6.07, 6.45) is 0.288. The van der Waals surface area contributed by atoms with E-state index >= 15 is 0 Å². The summed E-state index contributed by atoms with van der Waals surface area (Å²) in [6, 6.07) is 12.3. The van der Waals surface area contributed by atoms with Crippen LogP contribution in [-0.2, 0) is 10.2 Å². The Kier molecular flexibility index (Phi) is 6.93. The summed E-state index contributed by atoms with van der Waals surface area (Å²) >= 11 is 12.1. The van der Waals surface area contributed by atoms with Crippen LogP contribution in [-0.4, -0.2) is 23.7 Å². The molecule has 2 aromatic carbocycles. The summed E-state index contributed by atoms with van der Waals surface area (Å²) in [5.74, 6) is 0.433. The molecule has 1 atom stereocenters. The third-order valence-corrected chi connectivity index (χ3v) is 4.87. The molecule has 0 saturated heterocycles. The van der Waals surface area contributed by atoms with E-state index in [1.807, 2.05) is 26.0 Å². The van der Waals surface area contributed by atoms with Gasteiger partial charge in [-0.2, -0.15) is 0 Å². The van der Waals surface area contributed by atoms with Gasteiger partial charge in [0.05, 0.1) is 21.6 Å². The molecule has 26 heavy (non-hydrogen) atoms. The quantitative estimate of drug-likeness (QED) is 0.688. The van der Waals surface area contributed by atoms with Crippen LogP contribution in [0.5, 0.6) is 5.75 Å². The highest BCUT2D eigenvalue weighted by Gasteiger charge is 2.35. The maximum absolute atomic E-state index is 13.0. The maximum atomic E-state index is 13.0. The van der Waals surface area contributed by atoms with Crippen molar-refractivity contribution in [1.82, 2.24) is 0 Å². The second kappa shape index (κ2) is 8.76. The van der Waals surface area contributed by atoms with Gasteiger partial charge in [-0.25, -0.2) is 0 Å². The van der Waals surface area contributed by atoms with E-state index in [1.54, 1.807) is 37.3 Å². The number of amides is 1. The number of rotatable bonds is 7. The highest BCUT2D eigenvalue weighted by atomic mass is 35.5. The van der Waals surface area contributed by atoms with Crippen LogP contribution in [0.1, 0.15) is 32.8 Å². The number of halogens is 2. The molecule has 2 aromatic rings. The van der Waals surface area contributed by atoms with Gasteiger partial charge in [0.15, 0.2) is 0 Å². The summed E-state index contributed by atoms with van der Waals surface area (Å²) in [7, 11) is 0. The number of hydrogen-bond donors (Lipinski definition) is 2. The molecule has 2 N–H and O–H groups in total. The van der Waals surface area contributed by atoms with Crippen LogP contribution >= 0.6 is 23.2 Å². The molecule has 4 nitrogen and oxygen atoms in total. The average Bonchev–Trinajstić information content (AvgIpc) is 2.57. The summed E-state index contributed by atoms with van der Waals surface area (Å²) in [4.78, 5) is 13.0. The van der Waals surface area contributed by atoms with Crippen LogP contribution in [0, 0.1) is 0 Å². The predicted octanol–water partition coefficient (Wildman–Crippen LogP) is 5.06. The Morgan fingerprint density at radius 1 is 1.19 bits per heavy atom. The Hall–Kier alpha value is -1.75. The first-order chi connectivity index (χ1) is 12.3. The van der Waals surface area contributed by atoms with Crippen LogP contribution in [0.25, 0.3) is 0 Å². The van der Waals surface area contributed by atoms with Gasteiger partial charge in [-0.05, 0) is 57.0 Å². The van der Waals surface area contributed by atoms with Gasteiger partial charge >= 0.3 is 0 Å². The van der Waals surface area contributed by atoms with Crippen molar-refractivity contribution in [2.45, 2.75) is 38.7 Å². The first-order valence-electron chi connectivity index (χ1n) is 8.41. The summed E-state index contributed by atoms with van der Waals surface area (Å²) in [5.41, 5.74) is 0.350. The van der Waals surface area contributed by atoms with Crippen molar-refractivity contribution in [2.75, 3.05) is 11.9 Å². The van der Waals surface area contributed by atoms with E-state index in [0.717, 1.165) is 0 Å². The van der Waals surface area contributed by atoms with Gasteiger partial charge in [-0.3, -0.25) is 4.79 Å². The minimum atomic E-state index is -0.960. The van der Waals surface area contributed by atoms with Crippen molar-refractivity contribution in [3.8, 4) is 5.75 Å². The number of hydrogen-bond acceptors (Lipinski definition) is 3. The number of anilines is 1. The molecule has 0 aliphatic heterocycles. The van der Waals surface area contributed by atoms with Gasteiger partial charge in [0.1, 0.15) is 5.75 Å². The van der Waals surface area contributed by atoms with E-state index in [4.69, 9.17) is 27.9 Å². The summed E-state index contributed by atoms with van der Waals surface area (Å²) in [5, 5.41) is 13.2. The zero-order valence-corrected chi connectivity index (χ0v) is 16.6. The van der Waals surface area contributed by atoms with Gasteiger partial charge in [-0.15, -0.1) is 0 Å². The molecular formula is C20H23Cl2NO3. The van der Waals surface area contributed by atoms with Crippen molar-refractivity contribution in [2.24, 2.45) is 0 Å². The van der Waals surface area contributed by atoms with Crippen LogP contribution in [0.15, 0.2) is 42.5 Å². The smallest absolute Gasteiger partial charge is 0.234 e. The van der Waals surface area contributed by atoms with Crippen LogP contribution < -0.4 is 10.1 Å². The molecule has 6 heteroatoms. The van der Waals surface area contributed by atoms with Crippen LogP contribution in [0.2, 0.25) is 10.0 Å². The molecule has 1 unspecified atom stereocenters. The van der Waals surface area contributed by atoms with Crippen molar-refractivity contribution >= 4 is 34.8 Å². The lowest BCUT2D eigenvalue weighted by molar-refractivity contribution is -0.121. The summed E-state index contributed by atoms with van der Waals surface area (Å²) < 4.78 is 5.66. The molecule has 0 aromatic heterocycles. The first-order valence-corrected chi connectivity index (χ1v) is 9.16. The van der Waals surface area contributed by atoms with E-state index in [1.165, 1.54) is 0 Å². The van der Waals surface area contributed by atoms with E-state index in [-0.39, 0.29) is 25.0 Å². The number of aliphatic hydroxyl groups excluding tert-OH is 1. The average molecular weight is 396 g/mol. The van der Waals surface area contributed by atoms with Gasteiger partial charge in [0.2, 0.25) is 5.91 Å². The molecule has 0 fully saturated rings. The molecule has 0 aliphatic carbocycles. The normalized spacial score (nSPS) is 13.3. The molecule has 140 valence electrons. The minimum Gasteiger partial charge on any atom is -0.491 e. The molecule has 0 spiro atoms. The third-order valence-electron chi connectivity index (χ3n) is 4.13. The largest absolute Gasteiger partial charge is 0.491 e. The Morgan fingerprint density at radius 2 is 1.92 bits per heavy atom. The first kappa shape index (κ1) is 20.6. The molecule has 0 radical (unpaired) electrons. The topological polar surface area (TPSA) is 58.6 Å². The van der Waals surface area contributed by atoms with Crippen molar-refractivity contribution < 1.29 is 14.6 Å². The van der Waals surface area contributed by atoms with Crippen molar-refractivity contribution in [3.05, 3.63) is 58.1 Å². The van der Waals surface area contributed by atoms with Crippen molar-refractivity contribution in [1.29, 1.82) is 0 Å². The Morgan fingerprint density at radius 3 is 2.54 bits per heavy atom. The molecule has 0 aliphatic rings. The number of aliphatic hydroxyl groups is 1. The highest BCUT2D eigenvalue weighted by Crippen LogP contribution is 2.34. The van der Waals surface area contributed by atoms with Gasteiger partial charge in [0, 0.05) is 18.4 Å². The minimum absolute atomic E-state index is 0.0387. The van der Waals surface area contributed by atoms with Crippen LogP contribution in [0.4, 0.5) is 5.69 Å². The molecule has 1 amide bonds. The molecule has 0 heterocycles. The number of carbonyl (C=O) groups excluding carboxylic acids is 1. The molecule has 0 saturated carbocycles. The van der Waals surface area contributed by atoms with Gasteiger partial charge < -0.3 is 15.2 Å². The number of carbonyl (C=O) groups is 1. The number of ether oxygens (including phenoxy) is 1. The zero-order valence-electron chi connectivity index (χ0n) is 15.1. The van der Waals surface area contributed by atoms with E-state index < -0.39 is 5.41 Å². The van der Waals surface area contributed by atoms with Crippen molar-refractivity contribution in [3.63, 3.8) is 0 Å². The lowest BCUT2D eigenvalue weighted by Gasteiger charge is -2.28. The Balaban J connectivity index is 2.29. The van der Waals surface area contributed by atoms with E-state index in [0.29, 0.717) is 27.0 Å². The number of benzene rings is 2. The monoisotopic (exact) mass is 395 g/mol. The molecular weight excluding hydrogens is 373 g/mol. The predicted molar refractivity (Wildman–Crippen MR) is 106 cm³/mol. The summed E-state index contributed by atoms with van der Waals surface area (Å²) in [6.45, 7) is 5.51. The molecule has 2 rings (SSSR count). The van der Waals surface area contributed by atoms with Gasteiger partial charge in [0.25, 0.3) is 0 Å². The van der Waals surface area contributed by atoms with Crippen LogP contribution in [0.3, 0.4) is 0 Å². The fourth-order valence-electron chi connectivity index (χ4n) is 2.64. The third kappa shape index (κ3) is 4.91. The zero-order chi connectivity index (χ0) is 19.3. The van der Waals surface area contributed by atoms with Gasteiger partial charge in [-0.1, -0.05) is 35.3 Å². The lowest BCUT2D eigenvalue weighted by atomic mass is 9.78.